The first-order valence-corrected chi connectivity index (χ1v) is 4.92. The Bertz CT molecular complexity index is 399. The Morgan fingerprint density at radius 3 is 2.64 bits per heavy atom. The van der Waals surface area contributed by atoms with Gasteiger partial charge in [-0.25, -0.2) is 0 Å². The van der Waals surface area contributed by atoms with Crippen LogP contribution in [-0.4, -0.2) is 4.92 Å². The van der Waals surface area contributed by atoms with Gasteiger partial charge in [0, 0.05) is 6.07 Å². The van der Waals surface area contributed by atoms with Gasteiger partial charge < -0.3 is 0 Å². The van der Waals surface area contributed by atoms with E-state index in [2.05, 4.69) is 15.9 Å². The molecule has 0 bridgehead atoms. The maximum absolute atomic E-state index is 10.6. The molecule has 0 heterocycles. The zero-order valence-corrected chi connectivity index (χ0v) is 9.54. The molecule has 0 unspecified atom stereocenters. The highest BCUT2D eigenvalue weighted by atomic mass is 79.9. The summed E-state index contributed by atoms with van der Waals surface area (Å²) < 4.78 is 0.515. The number of hydrogen-bond acceptors (Lipinski definition) is 2. The van der Waals surface area contributed by atoms with Crippen molar-refractivity contribution in [3.05, 3.63) is 43.9 Å². The van der Waals surface area contributed by atoms with E-state index in [0.29, 0.717) is 4.47 Å². The Balaban J connectivity index is 3.30. The third-order valence-electron chi connectivity index (χ3n) is 1.88. The summed E-state index contributed by atoms with van der Waals surface area (Å²) in [6.45, 7) is 3.77. The molecule has 0 fully saturated rings. The molecule has 1 rings (SSSR count). The highest BCUT2D eigenvalue weighted by Crippen LogP contribution is 2.28. The molecule has 1 aromatic rings. The lowest BCUT2D eigenvalue weighted by Gasteiger charge is -2.02. The second kappa shape index (κ2) is 4.37. The Morgan fingerprint density at radius 2 is 2.14 bits per heavy atom. The lowest BCUT2D eigenvalue weighted by Crippen LogP contribution is -1.92. The van der Waals surface area contributed by atoms with Crippen molar-refractivity contribution in [1.29, 1.82) is 0 Å². The van der Waals surface area contributed by atoms with E-state index >= 15 is 0 Å². The van der Waals surface area contributed by atoms with Crippen LogP contribution in [0.25, 0.3) is 6.08 Å². The van der Waals surface area contributed by atoms with Gasteiger partial charge in [-0.3, -0.25) is 10.1 Å². The minimum absolute atomic E-state index is 0.107. The highest BCUT2D eigenvalue weighted by Gasteiger charge is 2.13. The molecular weight excluding hydrogens is 246 g/mol. The quantitative estimate of drug-likeness (QED) is 0.598. The Morgan fingerprint density at radius 1 is 1.50 bits per heavy atom. The van der Waals surface area contributed by atoms with E-state index in [9.17, 15) is 10.1 Å². The Hall–Kier alpha value is -1.16. The van der Waals surface area contributed by atoms with Crippen LogP contribution in [0.4, 0.5) is 5.69 Å². The standard InChI is InChI=1S/C10H10BrNO2/c1-3-4-8-6-9(11)10(12(13)14)5-7(8)2/h3-6H,1-2H3/b4-3-. The van der Waals surface area contributed by atoms with Crippen LogP contribution in [0.2, 0.25) is 0 Å². The molecular formula is C10H10BrNO2. The molecule has 0 saturated heterocycles. The smallest absolute Gasteiger partial charge is 0.258 e. The summed E-state index contributed by atoms with van der Waals surface area (Å²) >= 11 is 3.18. The summed E-state index contributed by atoms with van der Waals surface area (Å²) in [5, 5.41) is 10.6. The SMILES string of the molecule is C/C=C\c1cc(Br)c([N+](=O)[O-])cc1C. The zero-order valence-electron chi connectivity index (χ0n) is 7.95. The molecule has 0 amide bonds. The maximum atomic E-state index is 10.6. The minimum atomic E-state index is -0.392. The molecule has 0 N–H and O–H groups in total. The van der Waals surface area contributed by atoms with Crippen molar-refractivity contribution in [2.24, 2.45) is 0 Å². The van der Waals surface area contributed by atoms with Crippen molar-refractivity contribution in [3.8, 4) is 0 Å². The maximum Gasteiger partial charge on any atom is 0.283 e. The Kier molecular flexibility index (Phi) is 3.41. The monoisotopic (exact) mass is 255 g/mol. The normalized spacial score (nSPS) is 10.8. The van der Waals surface area contributed by atoms with Crippen LogP contribution in [0, 0.1) is 17.0 Å². The van der Waals surface area contributed by atoms with Gasteiger partial charge in [0.25, 0.3) is 5.69 Å². The van der Waals surface area contributed by atoms with Crippen molar-refractivity contribution in [2.45, 2.75) is 13.8 Å². The van der Waals surface area contributed by atoms with Crippen LogP contribution in [0.15, 0.2) is 22.7 Å². The number of hydrogen-bond donors (Lipinski definition) is 0. The van der Waals surface area contributed by atoms with Crippen LogP contribution in [0.3, 0.4) is 0 Å². The van der Waals surface area contributed by atoms with Crippen LogP contribution < -0.4 is 0 Å². The summed E-state index contributed by atoms with van der Waals surface area (Å²) in [5.74, 6) is 0. The van der Waals surface area contributed by atoms with Crippen LogP contribution in [-0.2, 0) is 0 Å². The van der Waals surface area contributed by atoms with Gasteiger partial charge >= 0.3 is 0 Å². The summed E-state index contributed by atoms with van der Waals surface area (Å²) in [5.41, 5.74) is 2.00. The zero-order chi connectivity index (χ0) is 10.7. The summed E-state index contributed by atoms with van der Waals surface area (Å²) in [6, 6.07) is 3.33. The predicted molar refractivity (Wildman–Crippen MR) is 60.2 cm³/mol. The average Bonchev–Trinajstić information content (AvgIpc) is 2.10. The van der Waals surface area contributed by atoms with Gasteiger partial charge in [-0.1, -0.05) is 12.2 Å². The van der Waals surface area contributed by atoms with Gasteiger partial charge in [-0.15, -0.1) is 0 Å². The number of allylic oxidation sites excluding steroid dienone is 1. The van der Waals surface area contributed by atoms with Gasteiger partial charge in [0.05, 0.1) is 9.40 Å². The van der Waals surface area contributed by atoms with E-state index in [1.54, 1.807) is 12.1 Å². The number of nitro benzene ring substituents is 1. The lowest BCUT2D eigenvalue weighted by molar-refractivity contribution is -0.385. The minimum Gasteiger partial charge on any atom is -0.258 e. The highest BCUT2D eigenvalue weighted by molar-refractivity contribution is 9.10. The molecule has 0 spiro atoms. The van der Waals surface area contributed by atoms with Crippen LogP contribution in [0.1, 0.15) is 18.1 Å². The average molecular weight is 256 g/mol. The molecule has 0 aliphatic heterocycles. The van der Waals surface area contributed by atoms with Gasteiger partial charge in [0.1, 0.15) is 0 Å². The van der Waals surface area contributed by atoms with Gasteiger partial charge in [-0.05, 0) is 47.0 Å². The van der Waals surface area contributed by atoms with Gasteiger partial charge in [0.15, 0.2) is 0 Å². The number of rotatable bonds is 2. The van der Waals surface area contributed by atoms with Crippen LogP contribution >= 0.6 is 15.9 Å². The van der Waals surface area contributed by atoms with E-state index in [1.807, 2.05) is 26.0 Å². The van der Waals surface area contributed by atoms with Crippen molar-refractivity contribution in [2.75, 3.05) is 0 Å². The summed E-state index contributed by atoms with van der Waals surface area (Å²) in [6.07, 6.45) is 3.82. The summed E-state index contributed by atoms with van der Waals surface area (Å²) in [7, 11) is 0. The third kappa shape index (κ3) is 2.20. The summed E-state index contributed by atoms with van der Waals surface area (Å²) in [4.78, 5) is 10.2. The van der Waals surface area contributed by atoms with E-state index in [4.69, 9.17) is 0 Å². The van der Waals surface area contributed by atoms with E-state index in [1.165, 1.54) is 0 Å². The molecule has 0 saturated carbocycles. The lowest BCUT2D eigenvalue weighted by atomic mass is 10.1. The van der Waals surface area contributed by atoms with E-state index in [-0.39, 0.29) is 5.69 Å². The molecule has 0 aliphatic rings. The Labute approximate surface area is 90.7 Å². The third-order valence-corrected chi connectivity index (χ3v) is 2.51. The first-order chi connectivity index (χ1) is 6.56. The fourth-order valence-corrected chi connectivity index (χ4v) is 1.69. The molecule has 3 nitrogen and oxygen atoms in total. The second-order valence-electron chi connectivity index (χ2n) is 2.92. The van der Waals surface area contributed by atoms with Crippen molar-refractivity contribution in [3.63, 3.8) is 0 Å². The first-order valence-electron chi connectivity index (χ1n) is 4.13. The number of benzene rings is 1. The van der Waals surface area contributed by atoms with Gasteiger partial charge in [0.2, 0.25) is 0 Å². The first kappa shape index (κ1) is 10.9. The number of nitro groups is 1. The molecule has 4 heteroatoms. The van der Waals surface area contributed by atoms with Crippen LogP contribution in [0.5, 0.6) is 0 Å². The van der Waals surface area contributed by atoms with E-state index in [0.717, 1.165) is 11.1 Å². The number of halogens is 1. The molecule has 0 aliphatic carbocycles. The molecule has 0 atom stereocenters. The second-order valence-corrected chi connectivity index (χ2v) is 3.77. The van der Waals surface area contributed by atoms with Crippen molar-refractivity contribution < 1.29 is 4.92 Å². The topological polar surface area (TPSA) is 43.1 Å². The predicted octanol–water partition coefficient (Wildman–Crippen LogP) is 3.70. The van der Waals surface area contributed by atoms with Crippen molar-refractivity contribution in [1.82, 2.24) is 0 Å². The fourth-order valence-electron chi connectivity index (χ4n) is 1.18. The van der Waals surface area contributed by atoms with Crippen molar-refractivity contribution >= 4 is 27.7 Å². The number of nitrogens with zero attached hydrogens (tertiary/aromatic N) is 1. The molecule has 0 aromatic heterocycles. The molecule has 0 radical (unpaired) electrons. The molecule has 14 heavy (non-hydrogen) atoms. The van der Waals surface area contributed by atoms with E-state index < -0.39 is 4.92 Å². The number of aryl methyl sites for hydroxylation is 1. The largest absolute Gasteiger partial charge is 0.283 e. The van der Waals surface area contributed by atoms with Gasteiger partial charge in [-0.2, -0.15) is 0 Å². The molecule has 74 valence electrons. The molecule has 1 aromatic carbocycles. The fraction of sp³-hybridized carbons (Fsp3) is 0.200.